The van der Waals surface area contributed by atoms with Crippen molar-refractivity contribution in [2.45, 2.75) is 6.92 Å². The van der Waals surface area contributed by atoms with Gasteiger partial charge < -0.3 is 19.9 Å². The van der Waals surface area contributed by atoms with Crippen LogP contribution in [-0.2, 0) is 9.59 Å². The normalized spacial score (nSPS) is 10.9. The minimum atomic E-state index is -0.272. The average Bonchev–Trinajstić information content (AvgIpc) is 3.11. The molecule has 3 aromatic carbocycles. The summed E-state index contributed by atoms with van der Waals surface area (Å²) < 4.78 is 5.66. The van der Waals surface area contributed by atoms with Gasteiger partial charge in [0.2, 0.25) is 5.91 Å². The molecule has 0 spiro atoms. The van der Waals surface area contributed by atoms with Crippen molar-refractivity contribution in [2.75, 3.05) is 25.5 Å². The number of amides is 2. The molecular weight excluding hydrogens is 378 g/mol. The van der Waals surface area contributed by atoms with Crippen LogP contribution in [0.2, 0.25) is 0 Å². The zero-order valence-electron chi connectivity index (χ0n) is 16.9. The van der Waals surface area contributed by atoms with Crippen LogP contribution in [0.5, 0.6) is 5.75 Å². The largest absolute Gasteiger partial charge is 0.484 e. The molecule has 1 aromatic heterocycles. The molecule has 0 aliphatic heterocycles. The molecule has 6 nitrogen and oxygen atoms in total. The number of para-hydroxylation sites is 1. The highest BCUT2D eigenvalue weighted by Gasteiger charge is 2.14. The minimum Gasteiger partial charge on any atom is -0.484 e. The van der Waals surface area contributed by atoms with Gasteiger partial charge >= 0.3 is 0 Å². The summed E-state index contributed by atoms with van der Waals surface area (Å²) >= 11 is 0. The number of likely N-dealkylation sites (N-methyl/N-ethyl adjacent to an activating group) is 1. The molecule has 0 fully saturated rings. The van der Waals surface area contributed by atoms with Crippen LogP contribution < -0.4 is 10.1 Å². The number of carbonyl (C=O) groups is 2. The van der Waals surface area contributed by atoms with Crippen molar-refractivity contribution in [2.24, 2.45) is 0 Å². The van der Waals surface area contributed by atoms with E-state index in [0.29, 0.717) is 11.4 Å². The Morgan fingerprint density at radius 1 is 0.967 bits per heavy atom. The van der Waals surface area contributed by atoms with E-state index in [-0.39, 0.29) is 25.0 Å². The number of H-pyrrole nitrogens is 1. The molecule has 0 unspecified atom stereocenters. The van der Waals surface area contributed by atoms with E-state index in [1.54, 1.807) is 7.05 Å². The number of aryl methyl sites for hydroxylation is 1. The standard InChI is InChI=1S/C24H23N3O3/c1-16-7-9-17(10-8-16)25-23(28)14-27(2)24(29)15-30-18-11-12-20-19-5-3-4-6-21(19)26-22(20)13-18/h3-13,26H,14-15H2,1-2H3,(H,25,28). The number of nitrogens with zero attached hydrogens (tertiary/aromatic N) is 1. The van der Waals surface area contributed by atoms with Crippen LogP contribution in [0, 0.1) is 6.92 Å². The lowest BCUT2D eigenvalue weighted by atomic mass is 10.1. The van der Waals surface area contributed by atoms with E-state index in [9.17, 15) is 9.59 Å². The lowest BCUT2D eigenvalue weighted by Crippen LogP contribution is -2.37. The van der Waals surface area contributed by atoms with Crippen molar-refractivity contribution in [1.29, 1.82) is 0 Å². The maximum atomic E-state index is 12.4. The number of carbonyl (C=O) groups excluding carboxylic acids is 2. The van der Waals surface area contributed by atoms with Crippen LogP contribution in [0.3, 0.4) is 0 Å². The SMILES string of the molecule is Cc1ccc(NC(=O)CN(C)C(=O)COc2ccc3c(c2)[nH]c2ccccc23)cc1. The molecular formula is C24H23N3O3. The summed E-state index contributed by atoms with van der Waals surface area (Å²) in [5, 5.41) is 5.04. The van der Waals surface area contributed by atoms with Crippen molar-refractivity contribution in [3.8, 4) is 5.75 Å². The molecule has 0 aliphatic rings. The van der Waals surface area contributed by atoms with Crippen molar-refractivity contribution in [1.82, 2.24) is 9.88 Å². The molecule has 4 aromatic rings. The van der Waals surface area contributed by atoms with Gasteiger partial charge in [0.1, 0.15) is 5.75 Å². The molecule has 0 radical (unpaired) electrons. The number of rotatable bonds is 6. The molecule has 0 aliphatic carbocycles. The third-order valence-corrected chi connectivity index (χ3v) is 4.98. The molecule has 0 saturated heterocycles. The minimum absolute atomic E-state index is 0.0445. The quantitative estimate of drug-likeness (QED) is 0.511. The highest BCUT2D eigenvalue weighted by Crippen LogP contribution is 2.28. The number of hydrogen-bond donors (Lipinski definition) is 2. The van der Waals surface area contributed by atoms with Gasteiger partial charge in [0.05, 0.1) is 12.1 Å². The Morgan fingerprint density at radius 3 is 2.50 bits per heavy atom. The van der Waals surface area contributed by atoms with Gasteiger partial charge in [-0.1, -0.05) is 35.9 Å². The first-order valence-electron chi connectivity index (χ1n) is 9.73. The Bertz CT molecular complexity index is 1210. The first kappa shape index (κ1) is 19.5. The Morgan fingerprint density at radius 2 is 1.70 bits per heavy atom. The third kappa shape index (κ3) is 4.27. The predicted octanol–water partition coefficient (Wildman–Crippen LogP) is 4.11. The van der Waals surface area contributed by atoms with Crippen LogP contribution in [0.4, 0.5) is 5.69 Å². The van der Waals surface area contributed by atoms with Gasteiger partial charge in [-0.2, -0.15) is 0 Å². The topological polar surface area (TPSA) is 74.4 Å². The van der Waals surface area contributed by atoms with E-state index in [0.717, 1.165) is 27.4 Å². The number of nitrogens with one attached hydrogen (secondary N) is 2. The second-order valence-electron chi connectivity index (χ2n) is 7.33. The first-order chi connectivity index (χ1) is 14.5. The highest BCUT2D eigenvalue weighted by molar-refractivity contribution is 6.07. The Hall–Kier alpha value is -3.80. The molecule has 0 saturated carbocycles. The smallest absolute Gasteiger partial charge is 0.260 e. The van der Waals surface area contributed by atoms with Crippen molar-refractivity contribution < 1.29 is 14.3 Å². The van der Waals surface area contributed by atoms with E-state index in [4.69, 9.17) is 4.74 Å². The predicted molar refractivity (Wildman–Crippen MR) is 119 cm³/mol. The number of ether oxygens (including phenoxy) is 1. The van der Waals surface area contributed by atoms with Gasteiger partial charge in [-0.15, -0.1) is 0 Å². The summed E-state index contributed by atoms with van der Waals surface area (Å²) in [4.78, 5) is 29.2. The summed E-state index contributed by atoms with van der Waals surface area (Å²) in [5.41, 5.74) is 3.82. The highest BCUT2D eigenvalue weighted by atomic mass is 16.5. The van der Waals surface area contributed by atoms with Crippen LogP contribution in [-0.4, -0.2) is 41.9 Å². The summed E-state index contributed by atoms with van der Waals surface area (Å²) in [6.45, 7) is 1.80. The second-order valence-corrected chi connectivity index (χ2v) is 7.33. The number of fused-ring (bicyclic) bond motifs is 3. The van der Waals surface area contributed by atoms with E-state index < -0.39 is 0 Å². The Labute approximate surface area is 174 Å². The van der Waals surface area contributed by atoms with Gasteiger partial charge in [-0.3, -0.25) is 9.59 Å². The number of aromatic nitrogens is 1. The van der Waals surface area contributed by atoms with Gasteiger partial charge in [-0.25, -0.2) is 0 Å². The van der Waals surface area contributed by atoms with Gasteiger partial charge in [0.15, 0.2) is 6.61 Å². The van der Waals surface area contributed by atoms with Crippen LogP contribution >= 0.6 is 0 Å². The van der Waals surface area contributed by atoms with Gasteiger partial charge in [-0.05, 0) is 37.3 Å². The monoisotopic (exact) mass is 401 g/mol. The summed E-state index contributed by atoms with van der Waals surface area (Å²) in [6.07, 6.45) is 0. The van der Waals surface area contributed by atoms with Gasteiger partial charge in [0, 0.05) is 35.1 Å². The average molecular weight is 401 g/mol. The van der Waals surface area contributed by atoms with Crippen LogP contribution in [0.25, 0.3) is 21.8 Å². The molecule has 0 atom stereocenters. The summed E-state index contributed by atoms with van der Waals surface area (Å²) in [7, 11) is 1.58. The number of hydrogen-bond acceptors (Lipinski definition) is 3. The number of anilines is 1. The fraction of sp³-hybridized carbons (Fsp3) is 0.167. The fourth-order valence-electron chi connectivity index (χ4n) is 3.32. The summed E-state index contributed by atoms with van der Waals surface area (Å²) in [5.74, 6) is 0.0694. The van der Waals surface area contributed by atoms with E-state index in [1.807, 2.05) is 67.6 Å². The molecule has 30 heavy (non-hydrogen) atoms. The molecule has 0 bridgehead atoms. The molecule has 2 amide bonds. The fourth-order valence-corrected chi connectivity index (χ4v) is 3.32. The van der Waals surface area contributed by atoms with Crippen molar-refractivity contribution >= 4 is 39.3 Å². The zero-order chi connectivity index (χ0) is 21.1. The summed E-state index contributed by atoms with van der Waals surface area (Å²) in [6, 6.07) is 21.3. The Kier molecular flexibility index (Phi) is 5.39. The molecule has 152 valence electrons. The Balaban J connectivity index is 1.33. The van der Waals surface area contributed by atoms with Gasteiger partial charge in [0.25, 0.3) is 5.91 Å². The molecule has 6 heteroatoms. The third-order valence-electron chi connectivity index (χ3n) is 4.98. The van der Waals surface area contributed by atoms with E-state index in [2.05, 4.69) is 16.4 Å². The molecule has 2 N–H and O–H groups in total. The molecule has 1 heterocycles. The van der Waals surface area contributed by atoms with Crippen LogP contribution in [0.1, 0.15) is 5.56 Å². The lowest BCUT2D eigenvalue weighted by Gasteiger charge is -2.17. The van der Waals surface area contributed by atoms with Crippen molar-refractivity contribution in [3.63, 3.8) is 0 Å². The first-order valence-corrected chi connectivity index (χ1v) is 9.73. The second kappa shape index (κ2) is 8.29. The van der Waals surface area contributed by atoms with E-state index in [1.165, 1.54) is 4.90 Å². The number of aromatic amines is 1. The zero-order valence-corrected chi connectivity index (χ0v) is 16.9. The molecule has 4 rings (SSSR count). The number of benzene rings is 3. The lowest BCUT2D eigenvalue weighted by molar-refractivity contribution is -0.135. The van der Waals surface area contributed by atoms with Crippen LogP contribution in [0.15, 0.2) is 66.7 Å². The maximum absolute atomic E-state index is 12.4. The maximum Gasteiger partial charge on any atom is 0.260 e. The van der Waals surface area contributed by atoms with Crippen molar-refractivity contribution in [3.05, 3.63) is 72.3 Å². The van der Waals surface area contributed by atoms with E-state index >= 15 is 0 Å².